The normalized spacial score (nSPS) is 28.4. The van der Waals surface area contributed by atoms with Crippen molar-refractivity contribution in [3.05, 3.63) is 0 Å². The monoisotopic (exact) mass is 269 g/mol. The molecule has 1 amide bonds. The summed E-state index contributed by atoms with van der Waals surface area (Å²) in [6.45, 7) is 9.31. The number of ether oxygens (including phenoxy) is 1. The van der Waals surface area contributed by atoms with Crippen molar-refractivity contribution in [2.75, 3.05) is 39.3 Å². The number of nitrogens with two attached hydrogens (primary N) is 1. The SMILES string of the molecule is CC(N)C(C)C(=O)N1CCN(CC2CCCO2)CC1. The summed E-state index contributed by atoms with van der Waals surface area (Å²) in [6, 6.07) is -0.0718. The van der Waals surface area contributed by atoms with Gasteiger partial charge in [-0.3, -0.25) is 9.69 Å². The molecule has 2 heterocycles. The zero-order chi connectivity index (χ0) is 13.8. The largest absolute Gasteiger partial charge is 0.377 e. The molecule has 0 aliphatic carbocycles. The maximum Gasteiger partial charge on any atom is 0.227 e. The minimum absolute atomic E-state index is 0.0718. The Hall–Kier alpha value is -0.650. The first-order valence-electron chi connectivity index (χ1n) is 7.46. The Morgan fingerprint density at radius 2 is 2.00 bits per heavy atom. The molecule has 3 unspecified atom stereocenters. The van der Waals surface area contributed by atoms with Gasteiger partial charge in [0.15, 0.2) is 0 Å². The molecule has 0 spiro atoms. The van der Waals surface area contributed by atoms with Crippen molar-refractivity contribution in [1.82, 2.24) is 9.80 Å². The molecule has 2 rings (SSSR count). The Morgan fingerprint density at radius 3 is 2.53 bits per heavy atom. The average Bonchev–Trinajstić information content (AvgIpc) is 2.90. The number of piperazine rings is 1. The van der Waals surface area contributed by atoms with Gasteiger partial charge in [0.05, 0.1) is 12.0 Å². The van der Waals surface area contributed by atoms with Crippen molar-refractivity contribution < 1.29 is 9.53 Å². The van der Waals surface area contributed by atoms with Crippen LogP contribution in [-0.2, 0) is 9.53 Å². The van der Waals surface area contributed by atoms with Gasteiger partial charge in [0.1, 0.15) is 0 Å². The molecule has 0 radical (unpaired) electrons. The summed E-state index contributed by atoms with van der Waals surface area (Å²) in [4.78, 5) is 16.6. The number of carbonyl (C=O) groups excluding carboxylic acids is 1. The predicted octanol–water partition coefficient (Wildman–Crippen LogP) is 0.293. The highest BCUT2D eigenvalue weighted by Gasteiger charge is 2.28. The van der Waals surface area contributed by atoms with Crippen LogP contribution in [-0.4, -0.2) is 67.2 Å². The fourth-order valence-corrected chi connectivity index (χ4v) is 2.74. The summed E-state index contributed by atoms with van der Waals surface area (Å²) >= 11 is 0. The number of amides is 1. The van der Waals surface area contributed by atoms with E-state index < -0.39 is 0 Å². The van der Waals surface area contributed by atoms with E-state index in [1.165, 1.54) is 12.8 Å². The topological polar surface area (TPSA) is 58.8 Å². The van der Waals surface area contributed by atoms with Crippen LogP contribution in [0.4, 0.5) is 0 Å². The van der Waals surface area contributed by atoms with Crippen molar-refractivity contribution in [3.63, 3.8) is 0 Å². The fourth-order valence-electron chi connectivity index (χ4n) is 2.74. The molecule has 5 heteroatoms. The van der Waals surface area contributed by atoms with Gasteiger partial charge in [-0.25, -0.2) is 0 Å². The molecule has 2 fully saturated rings. The zero-order valence-electron chi connectivity index (χ0n) is 12.2. The molecule has 110 valence electrons. The minimum Gasteiger partial charge on any atom is -0.377 e. The van der Waals surface area contributed by atoms with E-state index in [-0.39, 0.29) is 17.9 Å². The molecule has 2 aliphatic heterocycles. The van der Waals surface area contributed by atoms with E-state index in [1.807, 2.05) is 18.7 Å². The first-order chi connectivity index (χ1) is 9.08. The molecule has 3 atom stereocenters. The molecule has 0 aromatic heterocycles. The summed E-state index contributed by atoms with van der Waals surface area (Å²) in [5.74, 6) is 0.122. The number of rotatable bonds is 4. The van der Waals surface area contributed by atoms with Crippen molar-refractivity contribution in [3.8, 4) is 0 Å². The Morgan fingerprint density at radius 1 is 1.32 bits per heavy atom. The molecule has 0 saturated carbocycles. The second kappa shape index (κ2) is 6.68. The third kappa shape index (κ3) is 3.91. The third-order valence-corrected chi connectivity index (χ3v) is 4.35. The summed E-state index contributed by atoms with van der Waals surface area (Å²) in [5.41, 5.74) is 5.81. The molecule has 2 N–H and O–H groups in total. The second-order valence-corrected chi connectivity index (χ2v) is 5.91. The zero-order valence-corrected chi connectivity index (χ0v) is 12.2. The Bertz CT molecular complexity index is 295. The van der Waals surface area contributed by atoms with Crippen LogP contribution >= 0.6 is 0 Å². The van der Waals surface area contributed by atoms with Crippen LogP contribution in [0.2, 0.25) is 0 Å². The van der Waals surface area contributed by atoms with Crippen LogP contribution < -0.4 is 5.73 Å². The van der Waals surface area contributed by atoms with Crippen molar-refractivity contribution >= 4 is 5.91 Å². The van der Waals surface area contributed by atoms with Gasteiger partial charge in [0, 0.05) is 45.4 Å². The second-order valence-electron chi connectivity index (χ2n) is 5.91. The lowest BCUT2D eigenvalue weighted by Gasteiger charge is -2.37. The molecule has 0 bridgehead atoms. The van der Waals surface area contributed by atoms with E-state index in [1.54, 1.807) is 0 Å². The smallest absolute Gasteiger partial charge is 0.227 e. The van der Waals surface area contributed by atoms with Crippen molar-refractivity contribution in [2.24, 2.45) is 11.7 Å². The van der Waals surface area contributed by atoms with E-state index in [0.29, 0.717) is 6.10 Å². The highest BCUT2D eigenvalue weighted by molar-refractivity contribution is 5.79. The lowest BCUT2D eigenvalue weighted by atomic mass is 10.0. The number of nitrogens with zero attached hydrogens (tertiary/aromatic N) is 2. The van der Waals surface area contributed by atoms with Gasteiger partial charge in [0.2, 0.25) is 5.91 Å². The van der Waals surface area contributed by atoms with E-state index in [0.717, 1.165) is 39.3 Å². The third-order valence-electron chi connectivity index (χ3n) is 4.35. The van der Waals surface area contributed by atoms with E-state index in [4.69, 9.17) is 10.5 Å². The van der Waals surface area contributed by atoms with E-state index >= 15 is 0 Å². The lowest BCUT2D eigenvalue weighted by Crippen LogP contribution is -2.52. The van der Waals surface area contributed by atoms with Crippen LogP contribution in [0.3, 0.4) is 0 Å². The van der Waals surface area contributed by atoms with Crippen LogP contribution in [0.25, 0.3) is 0 Å². The lowest BCUT2D eigenvalue weighted by molar-refractivity contribution is -0.137. The summed E-state index contributed by atoms with van der Waals surface area (Å²) in [6.07, 6.45) is 2.78. The van der Waals surface area contributed by atoms with Gasteiger partial charge in [-0.2, -0.15) is 0 Å². The summed E-state index contributed by atoms with van der Waals surface area (Å²) < 4.78 is 5.66. The Balaban J connectivity index is 1.74. The number of hydrogen-bond donors (Lipinski definition) is 1. The van der Waals surface area contributed by atoms with Crippen molar-refractivity contribution in [2.45, 2.75) is 38.8 Å². The quantitative estimate of drug-likeness (QED) is 0.797. The average molecular weight is 269 g/mol. The molecule has 19 heavy (non-hydrogen) atoms. The van der Waals surface area contributed by atoms with E-state index in [2.05, 4.69) is 4.90 Å². The molecule has 0 aromatic rings. The van der Waals surface area contributed by atoms with Gasteiger partial charge in [0.25, 0.3) is 0 Å². The summed E-state index contributed by atoms with van der Waals surface area (Å²) in [7, 11) is 0. The minimum atomic E-state index is -0.0790. The Kier molecular flexibility index (Phi) is 5.19. The van der Waals surface area contributed by atoms with Crippen LogP contribution in [0.15, 0.2) is 0 Å². The van der Waals surface area contributed by atoms with Gasteiger partial charge in [-0.15, -0.1) is 0 Å². The molecule has 5 nitrogen and oxygen atoms in total. The van der Waals surface area contributed by atoms with Gasteiger partial charge in [-0.1, -0.05) is 6.92 Å². The molecule has 2 aliphatic rings. The van der Waals surface area contributed by atoms with E-state index in [9.17, 15) is 4.79 Å². The highest BCUT2D eigenvalue weighted by atomic mass is 16.5. The standard InChI is InChI=1S/C14H27N3O2/c1-11(12(2)15)14(18)17-7-5-16(6-8-17)10-13-4-3-9-19-13/h11-13H,3-10,15H2,1-2H3. The van der Waals surface area contributed by atoms with Crippen molar-refractivity contribution in [1.29, 1.82) is 0 Å². The van der Waals surface area contributed by atoms with Gasteiger partial charge in [-0.05, 0) is 19.8 Å². The highest BCUT2D eigenvalue weighted by Crippen LogP contribution is 2.15. The van der Waals surface area contributed by atoms with Gasteiger partial charge >= 0.3 is 0 Å². The number of hydrogen-bond acceptors (Lipinski definition) is 4. The van der Waals surface area contributed by atoms with Crippen LogP contribution in [0, 0.1) is 5.92 Å². The maximum absolute atomic E-state index is 12.2. The first kappa shape index (κ1) is 14.8. The van der Waals surface area contributed by atoms with Gasteiger partial charge < -0.3 is 15.4 Å². The maximum atomic E-state index is 12.2. The fraction of sp³-hybridized carbons (Fsp3) is 0.929. The first-order valence-corrected chi connectivity index (χ1v) is 7.46. The van der Waals surface area contributed by atoms with Crippen LogP contribution in [0.5, 0.6) is 0 Å². The molecule has 2 saturated heterocycles. The Labute approximate surface area is 116 Å². The predicted molar refractivity (Wildman–Crippen MR) is 74.8 cm³/mol. The molecular formula is C14H27N3O2. The summed E-state index contributed by atoms with van der Waals surface area (Å²) in [5, 5.41) is 0. The van der Waals surface area contributed by atoms with Crippen LogP contribution in [0.1, 0.15) is 26.7 Å². The number of carbonyl (C=O) groups is 1. The molecule has 0 aromatic carbocycles. The molecular weight excluding hydrogens is 242 g/mol.